The molecule has 0 radical (unpaired) electrons. The predicted molar refractivity (Wildman–Crippen MR) is 148 cm³/mol. The first-order valence-corrected chi connectivity index (χ1v) is 13.5. The monoisotopic (exact) mass is 535 g/mol. The van der Waals surface area contributed by atoms with Crippen molar-refractivity contribution >= 4 is 34.4 Å². The first-order valence-electron chi connectivity index (χ1n) is 13.1. The van der Waals surface area contributed by atoms with Crippen LogP contribution in [0.4, 0.5) is 4.79 Å². The molecule has 0 atom stereocenters. The zero-order valence-corrected chi connectivity index (χ0v) is 23.2. The van der Waals surface area contributed by atoms with Crippen LogP contribution in [0.2, 0.25) is 0 Å². The summed E-state index contributed by atoms with van der Waals surface area (Å²) in [6.07, 6.45) is 4.96. The van der Waals surface area contributed by atoms with Crippen LogP contribution in [0.3, 0.4) is 0 Å². The summed E-state index contributed by atoms with van der Waals surface area (Å²) in [4.78, 5) is 51.9. The maximum absolute atomic E-state index is 13.6. The van der Waals surface area contributed by atoms with E-state index in [1.54, 1.807) is 38.6 Å². The number of hydrogen-bond donors (Lipinski definition) is 0. The third-order valence-electron chi connectivity index (χ3n) is 6.95. The molecule has 9 heteroatoms. The molecule has 0 spiro atoms. The molecular weight excluding hydrogens is 502 g/mol. The number of halogens is 1. The topological polar surface area (TPSA) is 87.9 Å². The first kappa shape index (κ1) is 27.5. The Morgan fingerprint density at radius 3 is 2.32 bits per heavy atom. The number of carbonyl (C=O) groups excluding carboxylic acids is 3. The number of aromatic nitrogens is 2. The van der Waals surface area contributed by atoms with E-state index in [4.69, 9.17) is 11.6 Å². The molecule has 200 valence electrons. The quantitative estimate of drug-likeness (QED) is 0.235. The van der Waals surface area contributed by atoms with E-state index in [1.807, 2.05) is 20.8 Å². The number of nitrogens with zero attached hydrogens (tertiary/aromatic N) is 5. The van der Waals surface area contributed by atoms with Crippen molar-refractivity contribution in [1.82, 2.24) is 19.4 Å². The molecular formula is C29H34ClN5O3. The van der Waals surface area contributed by atoms with Crippen molar-refractivity contribution < 1.29 is 14.4 Å². The Bertz CT molecular complexity index is 1350. The van der Waals surface area contributed by atoms with Crippen molar-refractivity contribution in [2.45, 2.75) is 59.9 Å². The molecule has 0 fully saturated rings. The minimum Gasteiger partial charge on any atom is -0.327 e. The van der Waals surface area contributed by atoms with Crippen LogP contribution < -0.4 is 0 Å². The summed E-state index contributed by atoms with van der Waals surface area (Å²) in [5, 5.41) is 0.444. The van der Waals surface area contributed by atoms with Gasteiger partial charge in [0, 0.05) is 47.9 Å². The number of rotatable bonds is 10. The number of imidazole rings is 1. The maximum Gasteiger partial charge on any atom is 0.330 e. The SMILES string of the molecule is C=C1C(C)=C(/N=C(/Cl)C(C)C)N(CCCCC)C(=O)N1CCCn1cnc2c1C(=O)c1ccccc1C2=O. The minimum atomic E-state index is -0.245. The summed E-state index contributed by atoms with van der Waals surface area (Å²) in [7, 11) is 0. The van der Waals surface area contributed by atoms with E-state index in [0.717, 1.165) is 24.8 Å². The Labute approximate surface area is 228 Å². The third kappa shape index (κ3) is 5.10. The Kier molecular flexibility index (Phi) is 8.31. The number of hydrogen-bond acceptors (Lipinski definition) is 5. The lowest BCUT2D eigenvalue weighted by atomic mass is 9.90. The molecule has 0 N–H and O–H groups in total. The average Bonchev–Trinajstić information content (AvgIpc) is 3.33. The van der Waals surface area contributed by atoms with Crippen LogP contribution in [0.1, 0.15) is 85.5 Å². The fraction of sp³-hybridized carbons (Fsp3) is 0.414. The summed E-state index contributed by atoms with van der Waals surface area (Å²) < 4.78 is 1.71. The Balaban J connectivity index is 1.53. The van der Waals surface area contributed by atoms with Crippen molar-refractivity contribution in [2.24, 2.45) is 10.9 Å². The van der Waals surface area contributed by atoms with Crippen LogP contribution in [0, 0.1) is 5.92 Å². The van der Waals surface area contributed by atoms with Crippen molar-refractivity contribution in [3.8, 4) is 0 Å². The molecule has 1 aliphatic heterocycles. The number of allylic oxidation sites excluding steroid dienone is 1. The fourth-order valence-corrected chi connectivity index (χ4v) is 4.78. The summed E-state index contributed by atoms with van der Waals surface area (Å²) in [5.41, 5.74) is 2.64. The van der Waals surface area contributed by atoms with Gasteiger partial charge in [0.25, 0.3) is 0 Å². The summed E-state index contributed by atoms with van der Waals surface area (Å²) >= 11 is 6.40. The lowest BCUT2D eigenvalue weighted by Crippen LogP contribution is -2.47. The number of fused-ring (bicyclic) bond motifs is 2. The number of ketones is 2. The molecule has 2 amide bonds. The van der Waals surface area contributed by atoms with Gasteiger partial charge in [0.05, 0.1) is 6.33 Å². The second kappa shape index (κ2) is 11.5. The Morgan fingerprint density at radius 1 is 1.00 bits per heavy atom. The smallest absolute Gasteiger partial charge is 0.327 e. The molecule has 4 rings (SSSR count). The third-order valence-corrected chi connectivity index (χ3v) is 7.47. The number of unbranched alkanes of at least 4 members (excludes halogenated alkanes) is 2. The first-order chi connectivity index (χ1) is 18.2. The highest BCUT2D eigenvalue weighted by molar-refractivity contribution is 6.65. The molecule has 2 heterocycles. The molecule has 2 aliphatic rings. The van der Waals surface area contributed by atoms with Crippen molar-refractivity contribution in [3.63, 3.8) is 0 Å². The molecule has 38 heavy (non-hydrogen) atoms. The molecule has 1 aromatic heterocycles. The van der Waals surface area contributed by atoms with Gasteiger partial charge < -0.3 is 4.57 Å². The molecule has 0 bridgehead atoms. The van der Waals surface area contributed by atoms with Crippen LogP contribution in [0.25, 0.3) is 0 Å². The van der Waals surface area contributed by atoms with Crippen molar-refractivity contribution in [1.29, 1.82) is 0 Å². The lowest BCUT2D eigenvalue weighted by Gasteiger charge is -2.38. The Hall–Kier alpha value is -3.52. The summed E-state index contributed by atoms with van der Waals surface area (Å²) in [6, 6.07) is 6.62. The van der Waals surface area contributed by atoms with Gasteiger partial charge in [0.1, 0.15) is 22.4 Å². The number of benzene rings is 1. The molecule has 0 saturated heterocycles. The highest BCUT2D eigenvalue weighted by Gasteiger charge is 2.35. The van der Waals surface area contributed by atoms with Crippen LogP contribution in [-0.4, -0.2) is 55.2 Å². The second-order valence-electron chi connectivity index (χ2n) is 9.97. The van der Waals surface area contributed by atoms with Gasteiger partial charge in [-0.2, -0.15) is 0 Å². The zero-order chi connectivity index (χ0) is 27.6. The average molecular weight is 536 g/mol. The van der Waals surface area contributed by atoms with Gasteiger partial charge in [0.15, 0.2) is 0 Å². The van der Waals surface area contributed by atoms with Crippen molar-refractivity contribution in [3.05, 3.63) is 76.8 Å². The van der Waals surface area contributed by atoms with Crippen molar-refractivity contribution in [2.75, 3.05) is 13.1 Å². The van der Waals surface area contributed by atoms with Gasteiger partial charge >= 0.3 is 6.03 Å². The number of aliphatic imine (C=N–C) groups is 1. The van der Waals surface area contributed by atoms with Crippen LogP contribution in [0.5, 0.6) is 0 Å². The Morgan fingerprint density at radius 2 is 1.66 bits per heavy atom. The predicted octanol–water partition coefficient (Wildman–Crippen LogP) is 6.01. The molecule has 1 aromatic carbocycles. The maximum atomic E-state index is 13.6. The van der Waals surface area contributed by atoms with Gasteiger partial charge in [-0.05, 0) is 19.8 Å². The van der Waals surface area contributed by atoms with E-state index >= 15 is 0 Å². The summed E-state index contributed by atoms with van der Waals surface area (Å²) in [6.45, 7) is 13.5. The van der Waals surface area contributed by atoms with Crippen LogP contribution in [-0.2, 0) is 6.54 Å². The van der Waals surface area contributed by atoms with Gasteiger partial charge in [-0.1, -0.05) is 76.1 Å². The van der Waals surface area contributed by atoms with Crippen LogP contribution >= 0.6 is 11.6 Å². The standard InChI is InChI=1S/C29H34ClN5O3/c1-6-7-10-15-35-28(32-27(30)18(2)3)19(4)20(5)34(29(35)38)16-11-14-33-17-31-23-24(33)26(37)22-13-9-8-12-21(22)25(23)36/h8-9,12-13,17-18H,5-7,10-11,14-16H2,1-4H3/b32-27+. The zero-order valence-electron chi connectivity index (χ0n) is 22.5. The largest absolute Gasteiger partial charge is 0.330 e. The van der Waals surface area contributed by atoms with Gasteiger partial charge in [-0.3, -0.25) is 19.4 Å². The van der Waals surface area contributed by atoms with E-state index < -0.39 is 0 Å². The van der Waals surface area contributed by atoms with E-state index in [-0.39, 0.29) is 29.2 Å². The van der Waals surface area contributed by atoms with E-state index in [0.29, 0.717) is 59.6 Å². The highest BCUT2D eigenvalue weighted by atomic mass is 35.5. The van der Waals surface area contributed by atoms with Gasteiger partial charge in [-0.25, -0.2) is 14.8 Å². The van der Waals surface area contributed by atoms with E-state index in [9.17, 15) is 14.4 Å². The van der Waals surface area contributed by atoms with Crippen LogP contribution in [0.15, 0.2) is 59.3 Å². The normalized spacial score (nSPS) is 16.1. The number of urea groups is 1. The molecule has 0 unspecified atom stereocenters. The fourth-order valence-electron chi connectivity index (χ4n) is 4.70. The van der Waals surface area contributed by atoms with E-state index in [2.05, 4.69) is 23.5 Å². The molecule has 8 nitrogen and oxygen atoms in total. The van der Waals surface area contributed by atoms with Gasteiger partial charge in [0.2, 0.25) is 11.6 Å². The molecule has 0 saturated carbocycles. The second-order valence-corrected chi connectivity index (χ2v) is 10.4. The lowest BCUT2D eigenvalue weighted by molar-refractivity contribution is 0.0970. The molecule has 1 aliphatic carbocycles. The molecule has 2 aromatic rings. The number of carbonyl (C=O) groups is 3. The van der Waals surface area contributed by atoms with E-state index in [1.165, 1.54) is 6.33 Å². The number of amides is 2. The minimum absolute atomic E-state index is 0.0403. The highest BCUT2D eigenvalue weighted by Crippen LogP contribution is 2.31. The van der Waals surface area contributed by atoms with Gasteiger partial charge in [-0.15, -0.1) is 0 Å². The number of aryl methyl sites for hydroxylation is 1. The summed E-state index contributed by atoms with van der Waals surface area (Å²) in [5.74, 6) is 0.137.